The lowest BCUT2D eigenvalue weighted by atomic mass is 10.2. The summed E-state index contributed by atoms with van der Waals surface area (Å²) >= 11 is 0. The zero-order valence-corrected chi connectivity index (χ0v) is 11.0. The molecule has 0 atom stereocenters. The average Bonchev–Trinajstić information content (AvgIpc) is 2.39. The summed E-state index contributed by atoms with van der Waals surface area (Å²) in [6.45, 7) is 1.72. The maximum absolute atomic E-state index is 11.4. The molecule has 0 saturated carbocycles. The maximum Gasteiger partial charge on any atom is 0.338 e. The number of hydrogen-bond donors (Lipinski definition) is 0. The molecule has 1 aromatic rings. The van der Waals surface area contributed by atoms with Gasteiger partial charge in [0.05, 0.1) is 18.6 Å². The van der Waals surface area contributed by atoms with E-state index in [2.05, 4.69) is 0 Å². The van der Waals surface area contributed by atoms with Crippen LogP contribution in [-0.2, 0) is 9.53 Å². The van der Waals surface area contributed by atoms with Crippen LogP contribution < -0.4 is 4.74 Å². The van der Waals surface area contributed by atoms with Crippen LogP contribution in [0.4, 0.5) is 0 Å². The van der Waals surface area contributed by atoms with Gasteiger partial charge in [-0.15, -0.1) is 0 Å². The summed E-state index contributed by atoms with van der Waals surface area (Å²) in [5, 5.41) is 10.1. The van der Waals surface area contributed by atoms with Gasteiger partial charge in [-0.2, -0.15) is 0 Å². The first-order chi connectivity index (χ1) is 9.52. The van der Waals surface area contributed by atoms with Crippen molar-refractivity contribution in [3.8, 4) is 5.75 Å². The average molecular weight is 281 g/mol. The van der Waals surface area contributed by atoms with Gasteiger partial charge in [-0.25, -0.2) is 4.79 Å². The molecule has 1 aromatic carbocycles. The predicted octanol–water partition coefficient (Wildman–Crippen LogP) is 1.83. The SMILES string of the molecule is CCOC(=O)c1ccc(OC(=O)CCC[N+](=O)[O-])cc1. The van der Waals surface area contributed by atoms with Crippen LogP contribution in [0, 0.1) is 10.1 Å². The Labute approximate surface area is 115 Å². The third-order valence-electron chi connectivity index (χ3n) is 2.32. The molecule has 0 spiro atoms. The molecular formula is C13H15NO6. The minimum atomic E-state index is -0.546. The Hall–Kier alpha value is -2.44. The van der Waals surface area contributed by atoms with Gasteiger partial charge in [0.1, 0.15) is 5.75 Å². The number of ether oxygens (including phenoxy) is 2. The number of nitrogens with zero attached hydrogens (tertiary/aromatic N) is 1. The summed E-state index contributed by atoms with van der Waals surface area (Å²) in [5.74, 6) is -0.712. The molecule has 0 fully saturated rings. The maximum atomic E-state index is 11.4. The summed E-state index contributed by atoms with van der Waals surface area (Å²) in [4.78, 5) is 32.4. The van der Waals surface area contributed by atoms with Gasteiger partial charge in [-0.3, -0.25) is 14.9 Å². The first-order valence-electron chi connectivity index (χ1n) is 6.12. The van der Waals surface area contributed by atoms with E-state index in [1.807, 2.05) is 0 Å². The summed E-state index contributed by atoms with van der Waals surface area (Å²) in [6.07, 6.45) is 0.105. The monoisotopic (exact) mass is 281 g/mol. The van der Waals surface area contributed by atoms with E-state index in [4.69, 9.17) is 9.47 Å². The summed E-state index contributed by atoms with van der Waals surface area (Å²) in [5.41, 5.74) is 0.361. The number of carbonyl (C=O) groups is 2. The van der Waals surface area contributed by atoms with Crippen LogP contribution in [-0.4, -0.2) is 30.0 Å². The van der Waals surface area contributed by atoms with Gasteiger partial charge < -0.3 is 9.47 Å². The highest BCUT2D eigenvalue weighted by atomic mass is 16.6. The van der Waals surface area contributed by atoms with Gasteiger partial charge in [0, 0.05) is 11.3 Å². The van der Waals surface area contributed by atoms with Crippen molar-refractivity contribution < 1.29 is 24.0 Å². The van der Waals surface area contributed by atoms with Crippen LogP contribution in [0.3, 0.4) is 0 Å². The van der Waals surface area contributed by atoms with Crippen molar-refractivity contribution >= 4 is 11.9 Å². The molecule has 0 aliphatic carbocycles. The van der Waals surface area contributed by atoms with Crippen molar-refractivity contribution in [2.75, 3.05) is 13.2 Å². The quantitative estimate of drug-likeness (QED) is 0.327. The fourth-order valence-electron chi connectivity index (χ4n) is 1.41. The highest BCUT2D eigenvalue weighted by molar-refractivity contribution is 5.89. The molecule has 0 bridgehead atoms. The standard InChI is InChI=1S/C13H15NO6/c1-2-19-13(16)10-5-7-11(8-6-10)20-12(15)4-3-9-14(17)18/h5-8H,2-4,9H2,1H3. The van der Waals surface area contributed by atoms with Gasteiger partial charge in [0.2, 0.25) is 6.54 Å². The molecule has 0 N–H and O–H groups in total. The fourth-order valence-corrected chi connectivity index (χ4v) is 1.41. The molecule has 0 saturated heterocycles. The van der Waals surface area contributed by atoms with Crippen molar-refractivity contribution in [3.05, 3.63) is 39.9 Å². The van der Waals surface area contributed by atoms with Crippen LogP contribution in [0.5, 0.6) is 5.75 Å². The molecule has 0 aromatic heterocycles. The van der Waals surface area contributed by atoms with Crippen LogP contribution >= 0.6 is 0 Å². The van der Waals surface area contributed by atoms with E-state index in [-0.39, 0.29) is 31.7 Å². The van der Waals surface area contributed by atoms with Crippen molar-refractivity contribution in [1.29, 1.82) is 0 Å². The van der Waals surface area contributed by atoms with Crippen LogP contribution in [0.2, 0.25) is 0 Å². The van der Waals surface area contributed by atoms with Gasteiger partial charge in [0.15, 0.2) is 0 Å². The summed E-state index contributed by atoms with van der Waals surface area (Å²) < 4.78 is 9.79. The lowest BCUT2D eigenvalue weighted by Gasteiger charge is -2.05. The highest BCUT2D eigenvalue weighted by Crippen LogP contribution is 2.14. The fraction of sp³-hybridized carbons (Fsp3) is 0.385. The van der Waals surface area contributed by atoms with E-state index in [0.29, 0.717) is 5.56 Å². The molecule has 20 heavy (non-hydrogen) atoms. The second-order valence-corrected chi connectivity index (χ2v) is 3.88. The zero-order valence-electron chi connectivity index (χ0n) is 11.0. The minimum absolute atomic E-state index is 0.0272. The molecule has 0 aliphatic heterocycles. The van der Waals surface area contributed by atoms with Gasteiger partial charge in [-0.1, -0.05) is 0 Å². The van der Waals surface area contributed by atoms with Crippen LogP contribution in [0.15, 0.2) is 24.3 Å². The molecule has 0 heterocycles. The Balaban J connectivity index is 2.46. The van der Waals surface area contributed by atoms with E-state index in [0.717, 1.165) is 0 Å². The Morgan fingerprint density at radius 1 is 1.25 bits per heavy atom. The molecule has 108 valence electrons. The molecule has 7 heteroatoms. The van der Waals surface area contributed by atoms with Crippen LogP contribution in [0.1, 0.15) is 30.1 Å². The normalized spacial score (nSPS) is 9.85. The van der Waals surface area contributed by atoms with E-state index < -0.39 is 16.9 Å². The summed E-state index contributed by atoms with van der Waals surface area (Å²) in [7, 11) is 0. The number of esters is 2. The number of rotatable bonds is 7. The lowest BCUT2D eigenvalue weighted by molar-refractivity contribution is -0.480. The molecular weight excluding hydrogens is 266 g/mol. The second-order valence-electron chi connectivity index (χ2n) is 3.88. The first-order valence-corrected chi connectivity index (χ1v) is 6.12. The van der Waals surface area contributed by atoms with Gasteiger partial charge in [0.25, 0.3) is 0 Å². The molecule has 1 rings (SSSR count). The Morgan fingerprint density at radius 2 is 1.90 bits per heavy atom. The lowest BCUT2D eigenvalue weighted by Crippen LogP contribution is -2.11. The Morgan fingerprint density at radius 3 is 2.45 bits per heavy atom. The van der Waals surface area contributed by atoms with E-state index >= 15 is 0 Å². The molecule has 0 amide bonds. The Kier molecular flexibility index (Phi) is 6.15. The highest BCUT2D eigenvalue weighted by Gasteiger charge is 2.09. The van der Waals surface area contributed by atoms with E-state index in [1.165, 1.54) is 24.3 Å². The van der Waals surface area contributed by atoms with Crippen LogP contribution in [0.25, 0.3) is 0 Å². The third kappa shape index (κ3) is 5.47. The van der Waals surface area contributed by atoms with E-state index in [9.17, 15) is 19.7 Å². The molecule has 0 radical (unpaired) electrons. The van der Waals surface area contributed by atoms with Crippen molar-refractivity contribution in [3.63, 3.8) is 0 Å². The molecule has 7 nitrogen and oxygen atoms in total. The largest absolute Gasteiger partial charge is 0.462 e. The number of hydrogen-bond acceptors (Lipinski definition) is 6. The van der Waals surface area contributed by atoms with E-state index in [1.54, 1.807) is 6.92 Å². The predicted molar refractivity (Wildman–Crippen MR) is 69.1 cm³/mol. The Bertz CT molecular complexity index is 482. The number of nitro groups is 1. The van der Waals surface area contributed by atoms with Crippen molar-refractivity contribution in [2.45, 2.75) is 19.8 Å². The smallest absolute Gasteiger partial charge is 0.338 e. The molecule has 0 aliphatic rings. The molecule has 0 unspecified atom stereocenters. The van der Waals surface area contributed by atoms with Crippen molar-refractivity contribution in [1.82, 2.24) is 0 Å². The second kappa shape index (κ2) is 7.88. The topological polar surface area (TPSA) is 95.7 Å². The third-order valence-corrected chi connectivity index (χ3v) is 2.32. The van der Waals surface area contributed by atoms with Crippen molar-refractivity contribution in [2.24, 2.45) is 0 Å². The zero-order chi connectivity index (χ0) is 15.0. The summed E-state index contributed by atoms with van der Waals surface area (Å²) in [6, 6.07) is 5.91. The van der Waals surface area contributed by atoms with Gasteiger partial charge in [-0.05, 0) is 31.2 Å². The van der Waals surface area contributed by atoms with Gasteiger partial charge >= 0.3 is 11.9 Å². The first kappa shape index (κ1) is 15.6. The number of benzene rings is 1. The number of carbonyl (C=O) groups excluding carboxylic acids is 2. The minimum Gasteiger partial charge on any atom is -0.462 e.